The Morgan fingerprint density at radius 2 is 1.85 bits per heavy atom. The van der Waals surface area contributed by atoms with E-state index in [4.69, 9.17) is 5.73 Å². The lowest BCUT2D eigenvalue weighted by Crippen LogP contribution is -2.26. The molecule has 1 saturated carbocycles. The molecule has 0 spiro atoms. The minimum Gasteiger partial charge on any atom is -0.327 e. The smallest absolute Gasteiger partial charge is 0.129 e. The lowest BCUT2D eigenvalue weighted by molar-refractivity contribution is 0.536. The fraction of sp³-hybridized carbons (Fsp3) is 0.294. The van der Waals surface area contributed by atoms with Gasteiger partial charge in [-0.05, 0) is 41.9 Å². The maximum atomic E-state index is 13.6. The summed E-state index contributed by atoms with van der Waals surface area (Å²) < 4.78 is 26.5. The Hall–Kier alpha value is -1.74. The fourth-order valence-corrected chi connectivity index (χ4v) is 2.86. The van der Waals surface area contributed by atoms with E-state index in [-0.39, 0.29) is 6.04 Å². The summed E-state index contributed by atoms with van der Waals surface area (Å²) in [7, 11) is 0. The summed E-state index contributed by atoms with van der Waals surface area (Å²) in [5.74, 6) is -0.178. The number of hydrogen-bond donors (Lipinski definition) is 1. The SMILES string of the molecule is NC(Cc1ccc(F)cc1F)C1CC1c1ccccc1. The van der Waals surface area contributed by atoms with Gasteiger partial charge in [0.15, 0.2) is 0 Å². The highest BCUT2D eigenvalue weighted by molar-refractivity contribution is 5.28. The van der Waals surface area contributed by atoms with E-state index in [1.54, 1.807) is 0 Å². The van der Waals surface area contributed by atoms with Crippen LogP contribution in [0.4, 0.5) is 8.78 Å². The summed E-state index contributed by atoms with van der Waals surface area (Å²) in [6, 6.07) is 13.9. The molecule has 0 saturated heterocycles. The van der Waals surface area contributed by atoms with Gasteiger partial charge in [0.1, 0.15) is 11.6 Å². The fourth-order valence-electron chi connectivity index (χ4n) is 2.86. The van der Waals surface area contributed by atoms with Crippen LogP contribution in [0.1, 0.15) is 23.5 Å². The standard InChI is InChI=1S/C17H17F2N/c18-13-7-6-12(16(19)9-13)8-17(20)15-10-14(15)11-4-2-1-3-5-11/h1-7,9,14-15,17H,8,10,20H2. The topological polar surface area (TPSA) is 26.0 Å². The summed E-state index contributed by atoms with van der Waals surface area (Å²) in [6.07, 6.45) is 1.51. The number of halogens is 2. The molecule has 0 aliphatic heterocycles. The highest BCUT2D eigenvalue weighted by Gasteiger charge is 2.42. The van der Waals surface area contributed by atoms with Crippen LogP contribution >= 0.6 is 0 Å². The molecule has 0 bridgehead atoms. The minimum atomic E-state index is -0.548. The van der Waals surface area contributed by atoms with Gasteiger partial charge in [0.2, 0.25) is 0 Å². The van der Waals surface area contributed by atoms with Gasteiger partial charge in [-0.2, -0.15) is 0 Å². The second kappa shape index (κ2) is 5.33. The van der Waals surface area contributed by atoms with Crippen LogP contribution < -0.4 is 5.73 Å². The van der Waals surface area contributed by atoms with Crippen LogP contribution in [0.25, 0.3) is 0 Å². The van der Waals surface area contributed by atoms with Crippen molar-refractivity contribution in [2.75, 3.05) is 0 Å². The summed E-state index contributed by atoms with van der Waals surface area (Å²) in [5.41, 5.74) is 7.98. The Morgan fingerprint density at radius 1 is 1.10 bits per heavy atom. The van der Waals surface area contributed by atoms with Gasteiger partial charge in [0, 0.05) is 12.1 Å². The first kappa shape index (κ1) is 13.3. The van der Waals surface area contributed by atoms with Gasteiger partial charge in [-0.15, -0.1) is 0 Å². The predicted octanol–water partition coefficient (Wildman–Crippen LogP) is 3.64. The van der Waals surface area contributed by atoms with E-state index in [1.807, 2.05) is 18.2 Å². The van der Waals surface area contributed by atoms with Crippen LogP contribution in [0, 0.1) is 17.6 Å². The van der Waals surface area contributed by atoms with Gasteiger partial charge in [-0.1, -0.05) is 36.4 Å². The Morgan fingerprint density at radius 3 is 2.55 bits per heavy atom. The zero-order chi connectivity index (χ0) is 14.1. The first-order valence-electron chi connectivity index (χ1n) is 6.89. The molecule has 0 radical (unpaired) electrons. The number of benzene rings is 2. The van der Waals surface area contributed by atoms with Crippen LogP contribution in [0.3, 0.4) is 0 Å². The molecule has 3 atom stereocenters. The Bertz CT molecular complexity index is 597. The molecule has 3 unspecified atom stereocenters. The molecule has 3 rings (SSSR count). The van der Waals surface area contributed by atoms with E-state index >= 15 is 0 Å². The van der Waals surface area contributed by atoms with Crippen molar-refractivity contribution in [2.24, 2.45) is 11.7 Å². The van der Waals surface area contributed by atoms with Crippen molar-refractivity contribution in [3.63, 3.8) is 0 Å². The minimum absolute atomic E-state index is 0.0832. The molecule has 1 aliphatic rings. The Labute approximate surface area is 117 Å². The third-order valence-electron chi connectivity index (χ3n) is 4.09. The van der Waals surface area contributed by atoms with Crippen molar-refractivity contribution in [2.45, 2.75) is 24.8 Å². The van der Waals surface area contributed by atoms with Gasteiger partial charge < -0.3 is 5.73 Å². The summed E-state index contributed by atoms with van der Waals surface area (Å²) in [4.78, 5) is 0. The first-order chi connectivity index (χ1) is 9.65. The molecule has 2 aromatic rings. The van der Waals surface area contributed by atoms with Gasteiger partial charge >= 0.3 is 0 Å². The van der Waals surface area contributed by atoms with E-state index in [1.165, 1.54) is 17.7 Å². The molecule has 0 aromatic heterocycles. The Kier molecular flexibility index (Phi) is 3.53. The second-order valence-corrected chi connectivity index (χ2v) is 5.52. The molecule has 1 fully saturated rings. The third kappa shape index (κ3) is 2.73. The number of rotatable bonds is 4. The van der Waals surface area contributed by atoms with Crippen molar-refractivity contribution in [1.29, 1.82) is 0 Å². The molecule has 1 nitrogen and oxygen atoms in total. The quantitative estimate of drug-likeness (QED) is 0.904. The van der Waals surface area contributed by atoms with Gasteiger partial charge in [0.25, 0.3) is 0 Å². The predicted molar refractivity (Wildman–Crippen MR) is 75.3 cm³/mol. The zero-order valence-electron chi connectivity index (χ0n) is 11.1. The van der Waals surface area contributed by atoms with Crippen molar-refractivity contribution < 1.29 is 8.78 Å². The Balaban J connectivity index is 1.65. The maximum absolute atomic E-state index is 13.6. The molecular weight excluding hydrogens is 256 g/mol. The number of nitrogens with two attached hydrogens (primary N) is 1. The van der Waals surface area contributed by atoms with Crippen molar-refractivity contribution in [1.82, 2.24) is 0 Å². The highest BCUT2D eigenvalue weighted by Crippen LogP contribution is 2.49. The molecule has 3 heteroatoms. The summed E-state index contributed by atoms with van der Waals surface area (Å²) in [5, 5.41) is 0. The van der Waals surface area contributed by atoms with Crippen LogP contribution in [-0.2, 0) is 6.42 Å². The average Bonchev–Trinajstić information content (AvgIpc) is 3.23. The van der Waals surface area contributed by atoms with E-state index in [9.17, 15) is 8.78 Å². The molecule has 1 aliphatic carbocycles. The molecule has 0 amide bonds. The molecule has 104 valence electrons. The molecular formula is C17H17F2N. The normalized spacial score (nSPS) is 22.6. The molecule has 2 aromatic carbocycles. The average molecular weight is 273 g/mol. The lowest BCUT2D eigenvalue weighted by Gasteiger charge is -2.12. The molecule has 20 heavy (non-hydrogen) atoms. The number of hydrogen-bond acceptors (Lipinski definition) is 1. The van der Waals surface area contributed by atoms with Crippen LogP contribution in [0.2, 0.25) is 0 Å². The first-order valence-corrected chi connectivity index (χ1v) is 6.89. The van der Waals surface area contributed by atoms with Gasteiger partial charge in [-0.25, -0.2) is 8.78 Å². The van der Waals surface area contributed by atoms with E-state index in [0.29, 0.717) is 23.8 Å². The third-order valence-corrected chi connectivity index (χ3v) is 4.09. The summed E-state index contributed by atoms with van der Waals surface area (Å²) in [6.45, 7) is 0. The van der Waals surface area contributed by atoms with E-state index in [2.05, 4.69) is 12.1 Å². The van der Waals surface area contributed by atoms with Crippen molar-refractivity contribution in [3.8, 4) is 0 Å². The lowest BCUT2D eigenvalue weighted by atomic mass is 9.99. The summed E-state index contributed by atoms with van der Waals surface area (Å²) >= 11 is 0. The van der Waals surface area contributed by atoms with Crippen LogP contribution in [-0.4, -0.2) is 6.04 Å². The van der Waals surface area contributed by atoms with Crippen LogP contribution in [0.5, 0.6) is 0 Å². The second-order valence-electron chi connectivity index (χ2n) is 5.52. The van der Waals surface area contributed by atoms with Crippen molar-refractivity contribution >= 4 is 0 Å². The maximum Gasteiger partial charge on any atom is 0.129 e. The van der Waals surface area contributed by atoms with E-state index in [0.717, 1.165) is 12.5 Å². The van der Waals surface area contributed by atoms with Gasteiger partial charge in [-0.3, -0.25) is 0 Å². The van der Waals surface area contributed by atoms with Crippen LogP contribution in [0.15, 0.2) is 48.5 Å². The van der Waals surface area contributed by atoms with Gasteiger partial charge in [0.05, 0.1) is 0 Å². The van der Waals surface area contributed by atoms with E-state index < -0.39 is 11.6 Å². The molecule has 0 heterocycles. The highest BCUT2D eigenvalue weighted by atomic mass is 19.1. The zero-order valence-corrected chi connectivity index (χ0v) is 11.1. The monoisotopic (exact) mass is 273 g/mol. The van der Waals surface area contributed by atoms with Crippen molar-refractivity contribution in [3.05, 3.63) is 71.3 Å². The largest absolute Gasteiger partial charge is 0.327 e. The molecule has 2 N–H and O–H groups in total.